The first-order chi connectivity index (χ1) is 8.33. The van der Waals surface area contributed by atoms with Crippen molar-refractivity contribution in [2.45, 2.75) is 6.54 Å². The molecule has 0 aliphatic rings. The maximum Gasteiger partial charge on any atom is 0.180 e. The third kappa shape index (κ3) is 2.01. The first-order valence-electron chi connectivity index (χ1n) is 5.03. The molecular formula is C10H9BrN6. The SMILES string of the molecule is Brc1cn2ccnc2c(NCc2cnc[nH]2)n1. The number of anilines is 1. The fourth-order valence-electron chi connectivity index (χ4n) is 1.58. The van der Waals surface area contributed by atoms with E-state index in [1.807, 2.05) is 16.8 Å². The molecule has 6 nitrogen and oxygen atoms in total. The van der Waals surface area contributed by atoms with E-state index in [9.17, 15) is 0 Å². The molecule has 0 atom stereocenters. The second-order valence-corrected chi connectivity index (χ2v) is 4.31. The van der Waals surface area contributed by atoms with Crippen LogP contribution in [0.3, 0.4) is 0 Å². The highest BCUT2D eigenvalue weighted by Gasteiger charge is 2.06. The van der Waals surface area contributed by atoms with Gasteiger partial charge < -0.3 is 14.7 Å². The van der Waals surface area contributed by atoms with Gasteiger partial charge in [0.25, 0.3) is 0 Å². The van der Waals surface area contributed by atoms with E-state index in [0.29, 0.717) is 6.54 Å². The quantitative estimate of drug-likeness (QED) is 0.773. The summed E-state index contributed by atoms with van der Waals surface area (Å²) < 4.78 is 2.67. The number of hydrogen-bond donors (Lipinski definition) is 2. The van der Waals surface area contributed by atoms with Crippen molar-refractivity contribution < 1.29 is 0 Å². The molecule has 0 saturated carbocycles. The van der Waals surface area contributed by atoms with Crippen molar-refractivity contribution in [3.63, 3.8) is 0 Å². The highest BCUT2D eigenvalue weighted by Crippen LogP contribution is 2.17. The topological polar surface area (TPSA) is 70.9 Å². The molecule has 0 aliphatic carbocycles. The van der Waals surface area contributed by atoms with Crippen molar-refractivity contribution >= 4 is 27.4 Å². The van der Waals surface area contributed by atoms with Gasteiger partial charge >= 0.3 is 0 Å². The monoisotopic (exact) mass is 292 g/mol. The Labute approximate surface area is 105 Å². The second-order valence-electron chi connectivity index (χ2n) is 3.50. The Kier molecular flexibility index (Phi) is 2.52. The van der Waals surface area contributed by atoms with Gasteiger partial charge in [-0.3, -0.25) is 0 Å². The molecule has 3 heterocycles. The number of hydrogen-bond acceptors (Lipinski definition) is 4. The van der Waals surface area contributed by atoms with Crippen molar-refractivity contribution in [3.05, 3.63) is 41.4 Å². The van der Waals surface area contributed by atoms with Crippen molar-refractivity contribution in [1.82, 2.24) is 24.3 Å². The summed E-state index contributed by atoms with van der Waals surface area (Å²) in [6.45, 7) is 0.631. The summed E-state index contributed by atoms with van der Waals surface area (Å²) in [4.78, 5) is 15.6. The Bertz CT molecular complexity index is 629. The molecule has 0 radical (unpaired) electrons. The molecule has 3 aromatic rings. The molecule has 0 unspecified atom stereocenters. The van der Waals surface area contributed by atoms with Crippen LogP contribution in [0.25, 0.3) is 5.65 Å². The van der Waals surface area contributed by atoms with Gasteiger partial charge in [0.1, 0.15) is 4.60 Å². The lowest BCUT2D eigenvalue weighted by Gasteiger charge is -2.06. The van der Waals surface area contributed by atoms with E-state index in [1.165, 1.54) is 0 Å². The summed E-state index contributed by atoms with van der Waals surface area (Å²) in [5.74, 6) is 0.735. The van der Waals surface area contributed by atoms with Crippen LogP contribution in [0, 0.1) is 0 Å². The van der Waals surface area contributed by atoms with Gasteiger partial charge in [-0.25, -0.2) is 15.0 Å². The Hall–Kier alpha value is -1.89. The zero-order valence-corrected chi connectivity index (χ0v) is 10.3. The van der Waals surface area contributed by atoms with Gasteiger partial charge in [-0.05, 0) is 15.9 Å². The van der Waals surface area contributed by atoms with Crippen molar-refractivity contribution in [1.29, 1.82) is 0 Å². The van der Waals surface area contributed by atoms with Crippen LogP contribution in [0.4, 0.5) is 5.82 Å². The lowest BCUT2D eigenvalue weighted by molar-refractivity contribution is 1.03. The number of H-pyrrole nitrogens is 1. The minimum atomic E-state index is 0.631. The fourth-order valence-corrected chi connectivity index (χ4v) is 1.98. The summed E-state index contributed by atoms with van der Waals surface area (Å²) in [6, 6.07) is 0. The molecule has 0 amide bonds. The third-order valence-electron chi connectivity index (χ3n) is 2.35. The third-order valence-corrected chi connectivity index (χ3v) is 2.73. The van der Waals surface area contributed by atoms with Gasteiger partial charge in [0.15, 0.2) is 11.5 Å². The smallest absolute Gasteiger partial charge is 0.180 e. The average molecular weight is 293 g/mol. The molecule has 86 valence electrons. The van der Waals surface area contributed by atoms with E-state index in [1.54, 1.807) is 18.7 Å². The second kappa shape index (κ2) is 4.17. The predicted octanol–water partition coefficient (Wildman–Crippen LogP) is 1.83. The van der Waals surface area contributed by atoms with Crippen LogP contribution in [0.1, 0.15) is 5.69 Å². The standard InChI is InChI=1S/C10H9BrN6/c11-8-5-17-2-1-13-10(17)9(16-8)14-4-7-3-12-6-15-7/h1-3,5-6H,4H2,(H,12,15)(H,14,16). The molecule has 2 N–H and O–H groups in total. The fraction of sp³-hybridized carbons (Fsp3) is 0.100. The lowest BCUT2D eigenvalue weighted by Crippen LogP contribution is -2.04. The van der Waals surface area contributed by atoms with Gasteiger partial charge in [0.2, 0.25) is 0 Å². The summed E-state index contributed by atoms with van der Waals surface area (Å²) in [6.07, 6.45) is 8.90. The molecule has 0 bridgehead atoms. The van der Waals surface area contributed by atoms with Crippen LogP contribution in [0.15, 0.2) is 35.7 Å². The molecule has 0 aliphatic heterocycles. The number of nitrogens with one attached hydrogen (secondary N) is 2. The molecule has 17 heavy (non-hydrogen) atoms. The van der Waals surface area contributed by atoms with E-state index in [-0.39, 0.29) is 0 Å². The van der Waals surface area contributed by atoms with Gasteiger partial charge in [-0.15, -0.1) is 0 Å². The van der Waals surface area contributed by atoms with Crippen molar-refractivity contribution in [3.8, 4) is 0 Å². The van der Waals surface area contributed by atoms with Gasteiger partial charge in [-0.1, -0.05) is 0 Å². The molecule has 7 heteroatoms. The number of nitrogens with zero attached hydrogens (tertiary/aromatic N) is 4. The molecule has 0 fully saturated rings. The highest BCUT2D eigenvalue weighted by molar-refractivity contribution is 9.10. The van der Waals surface area contributed by atoms with Gasteiger partial charge in [-0.2, -0.15) is 0 Å². The number of imidazole rings is 2. The number of fused-ring (bicyclic) bond motifs is 1. The number of aromatic nitrogens is 5. The first-order valence-corrected chi connectivity index (χ1v) is 5.82. The Morgan fingerprint density at radius 1 is 1.47 bits per heavy atom. The Balaban J connectivity index is 1.91. The minimum absolute atomic E-state index is 0.631. The molecule has 0 aromatic carbocycles. The zero-order valence-electron chi connectivity index (χ0n) is 8.76. The van der Waals surface area contributed by atoms with Crippen molar-refractivity contribution in [2.75, 3.05) is 5.32 Å². The van der Waals surface area contributed by atoms with E-state index in [0.717, 1.165) is 21.8 Å². The van der Waals surface area contributed by atoms with Crippen LogP contribution in [0.2, 0.25) is 0 Å². The van der Waals surface area contributed by atoms with Gasteiger partial charge in [0.05, 0.1) is 18.6 Å². The molecule has 3 aromatic heterocycles. The molecular weight excluding hydrogens is 284 g/mol. The highest BCUT2D eigenvalue weighted by atomic mass is 79.9. The largest absolute Gasteiger partial charge is 0.361 e. The average Bonchev–Trinajstić information content (AvgIpc) is 2.95. The Morgan fingerprint density at radius 3 is 3.24 bits per heavy atom. The van der Waals surface area contributed by atoms with E-state index in [2.05, 4.69) is 41.2 Å². The van der Waals surface area contributed by atoms with Gasteiger partial charge in [0, 0.05) is 24.8 Å². The summed E-state index contributed by atoms with van der Waals surface area (Å²) in [5, 5.41) is 3.22. The van der Waals surface area contributed by atoms with Crippen LogP contribution in [-0.2, 0) is 6.54 Å². The van der Waals surface area contributed by atoms with E-state index < -0.39 is 0 Å². The van der Waals surface area contributed by atoms with Crippen molar-refractivity contribution in [2.24, 2.45) is 0 Å². The molecule has 3 rings (SSSR count). The number of halogens is 1. The maximum atomic E-state index is 4.36. The summed E-state index contributed by atoms with van der Waals surface area (Å²) in [5.41, 5.74) is 1.80. The normalized spacial score (nSPS) is 10.9. The first kappa shape index (κ1) is 10.3. The molecule has 0 spiro atoms. The Morgan fingerprint density at radius 2 is 2.41 bits per heavy atom. The number of aromatic amines is 1. The summed E-state index contributed by atoms with van der Waals surface area (Å²) >= 11 is 3.37. The number of rotatable bonds is 3. The van der Waals surface area contributed by atoms with E-state index >= 15 is 0 Å². The molecule has 0 saturated heterocycles. The van der Waals surface area contributed by atoms with Crippen LogP contribution >= 0.6 is 15.9 Å². The van der Waals surface area contributed by atoms with Crippen LogP contribution < -0.4 is 5.32 Å². The van der Waals surface area contributed by atoms with Crippen LogP contribution in [0.5, 0.6) is 0 Å². The maximum absolute atomic E-state index is 4.36. The summed E-state index contributed by atoms with van der Waals surface area (Å²) in [7, 11) is 0. The lowest BCUT2D eigenvalue weighted by atomic mass is 10.4. The zero-order chi connectivity index (χ0) is 11.7. The van der Waals surface area contributed by atoms with Crippen LogP contribution in [-0.4, -0.2) is 24.3 Å². The predicted molar refractivity (Wildman–Crippen MR) is 66.6 cm³/mol. The van der Waals surface area contributed by atoms with E-state index in [4.69, 9.17) is 0 Å². The minimum Gasteiger partial charge on any atom is -0.361 e.